The molecule has 1 unspecified atom stereocenters. The molecule has 0 spiro atoms. The minimum atomic E-state index is -1.14. The van der Waals surface area contributed by atoms with Crippen LogP contribution in [0.1, 0.15) is 47.0 Å². The van der Waals surface area contributed by atoms with Crippen molar-refractivity contribution in [2.45, 2.75) is 64.8 Å². The van der Waals surface area contributed by atoms with Gasteiger partial charge in [-0.2, -0.15) is 0 Å². The predicted octanol–water partition coefficient (Wildman–Crippen LogP) is 2.06. The Morgan fingerprint density at radius 3 is 2.57 bits per heavy atom. The Morgan fingerprint density at radius 2 is 2.09 bits per heavy atom. The van der Waals surface area contributed by atoms with E-state index in [0.29, 0.717) is 12.8 Å². The van der Waals surface area contributed by atoms with E-state index in [9.17, 15) is 15.0 Å². The first-order chi connectivity index (χ1) is 10.7. The fourth-order valence-corrected chi connectivity index (χ4v) is 4.50. The molecule has 1 fully saturated rings. The molecule has 2 N–H and O–H groups in total. The zero-order valence-electron chi connectivity index (χ0n) is 14.8. The van der Waals surface area contributed by atoms with E-state index in [4.69, 9.17) is 9.47 Å². The Bertz CT molecular complexity index is 484. The zero-order valence-corrected chi connectivity index (χ0v) is 14.8. The van der Waals surface area contributed by atoms with E-state index in [1.165, 1.54) is 6.92 Å². The minimum Gasteiger partial charge on any atom is -0.459 e. The van der Waals surface area contributed by atoms with Crippen molar-refractivity contribution in [2.75, 3.05) is 13.7 Å². The summed E-state index contributed by atoms with van der Waals surface area (Å²) in [5.41, 5.74) is -0.473. The van der Waals surface area contributed by atoms with Gasteiger partial charge in [-0.3, -0.25) is 4.79 Å². The van der Waals surface area contributed by atoms with E-state index in [1.807, 2.05) is 26.8 Å². The van der Waals surface area contributed by atoms with Gasteiger partial charge in [-0.1, -0.05) is 25.5 Å². The number of aliphatic hydroxyl groups excluding tert-OH is 1. The molecule has 2 rings (SSSR count). The van der Waals surface area contributed by atoms with Crippen molar-refractivity contribution >= 4 is 5.97 Å². The number of hydrogen-bond donors (Lipinski definition) is 2. The van der Waals surface area contributed by atoms with Gasteiger partial charge in [0, 0.05) is 27.1 Å². The molecule has 0 aromatic carbocycles. The molecule has 1 saturated carbocycles. The highest BCUT2D eigenvalue weighted by molar-refractivity contribution is 5.66. The number of ether oxygens (including phenoxy) is 2. The molecule has 0 aromatic heterocycles. The Kier molecular flexibility index (Phi) is 5.24. The fraction of sp³-hybridized carbons (Fsp3) is 0.833. The van der Waals surface area contributed by atoms with Crippen LogP contribution in [-0.2, 0) is 14.3 Å². The number of methoxy groups -OCH3 is 1. The van der Waals surface area contributed by atoms with Gasteiger partial charge >= 0.3 is 5.97 Å². The van der Waals surface area contributed by atoms with Crippen LogP contribution in [0.4, 0.5) is 0 Å². The Labute approximate surface area is 138 Å². The third-order valence-corrected chi connectivity index (χ3v) is 5.80. The first-order valence-electron chi connectivity index (χ1n) is 8.36. The quantitative estimate of drug-likeness (QED) is 0.613. The van der Waals surface area contributed by atoms with Crippen LogP contribution in [0.5, 0.6) is 0 Å². The average Bonchev–Trinajstić information content (AvgIpc) is 2.49. The van der Waals surface area contributed by atoms with Crippen LogP contribution in [0.25, 0.3) is 0 Å². The molecule has 0 aliphatic heterocycles. The first kappa shape index (κ1) is 18.4. The van der Waals surface area contributed by atoms with Crippen molar-refractivity contribution < 1.29 is 24.5 Å². The molecule has 0 radical (unpaired) electrons. The number of carbonyl (C=O) groups is 1. The molecule has 0 heterocycles. The number of esters is 1. The van der Waals surface area contributed by atoms with Crippen LogP contribution < -0.4 is 0 Å². The molecule has 5 atom stereocenters. The van der Waals surface area contributed by atoms with Crippen molar-refractivity contribution in [3.63, 3.8) is 0 Å². The summed E-state index contributed by atoms with van der Waals surface area (Å²) in [4.78, 5) is 11.6. The summed E-state index contributed by atoms with van der Waals surface area (Å²) >= 11 is 0. The molecule has 5 heteroatoms. The van der Waals surface area contributed by atoms with Gasteiger partial charge in [-0.25, -0.2) is 0 Å². The molecule has 0 aromatic rings. The molecular weight excluding hydrogens is 296 g/mol. The highest BCUT2D eigenvalue weighted by Gasteiger charge is 2.66. The highest BCUT2D eigenvalue weighted by atomic mass is 16.6. The molecule has 132 valence electrons. The van der Waals surface area contributed by atoms with Gasteiger partial charge in [0.05, 0.1) is 6.10 Å². The van der Waals surface area contributed by atoms with E-state index >= 15 is 0 Å². The van der Waals surface area contributed by atoms with E-state index in [1.54, 1.807) is 7.11 Å². The number of rotatable bonds is 3. The lowest BCUT2D eigenvalue weighted by Gasteiger charge is -2.63. The fourth-order valence-electron chi connectivity index (χ4n) is 4.50. The maximum Gasteiger partial charge on any atom is 0.303 e. The Hall–Kier alpha value is -0.910. The molecule has 2 aliphatic rings. The number of hydrogen-bond acceptors (Lipinski definition) is 5. The number of fused-ring (bicyclic) bond motifs is 1. The van der Waals surface area contributed by atoms with Crippen LogP contribution >= 0.6 is 0 Å². The average molecular weight is 326 g/mol. The van der Waals surface area contributed by atoms with Crippen molar-refractivity contribution in [3.8, 4) is 0 Å². The predicted molar refractivity (Wildman–Crippen MR) is 86.8 cm³/mol. The van der Waals surface area contributed by atoms with Gasteiger partial charge in [0.2, 0.25) is 0 Å². The molecule has 23 heavy (non-hydrogen) atoms. The highest BCUT2D eigenvalue weighted by Crippen LogP contribution is 2.60. The molecule has 0 saturated heterocycles. The topological polar surface area (TPSA) is 76.0 Å². The largest absolute Gasteiger partial charge is 0.459 e. The van der Waals surface area contributed by atoms with Gasteiger partial charge in [-0.15, -0.1) is 0 Å². The summed E-state index contributed by atoms with van der Waals surface area (Å²) in [6, 6.07) is 0. The maximum absolute atomic E-state index is 11.6. The third-order valence-electron chi connectivity index (χ3n) is 5.80. The van der Waals surface area contributed by atoms with Gasteiger partial charge in [0.15, 0.2) is 0 Å². The second kappa shape index (κ2) is 6.54. The van der Waals surface area contributed by atoms with Crippen molar-refractivity contribution in [1.29, 1.82) is 0 Å². The summed E-state index contributed by atoms with van der Waals surface area (Å²) in [5.74, 6) is -0.581. The normalized spacial score (nSPS) is 42.1. The van der Waals surface area contributed by atoms with E-state index in [0.717, 1.165) is 12.0 Å². The lowest BCUT2D eigenvalue weighted by atomic mass is 9.46. The van der Waals surface area contributed by atoms with Crippen LogP contribution in [-0.4, -0.2) is 47.7 Å². The summed E-state index contributed by atoms with van der Waals surface area (Å²) in [6.45, 7) is 7.32. The third kappa shape index (κ3) is 3.19. The van der Waals surface area contributed by atoms with Gasteiger partial charge in [0.25, 0.3) is 0 Å². The number of aliphatic hydroxyl groups is 2. The first-order valence-corrected chi connectivity index (χ1v) is 8.36. The zero-order chi connectivity index (χ0) is 17.4. The summed E-state index contributed by atoms with van der Waals surface area (Å²) in [7, 11) is 1.65. The molecule has 5 nitrogen and oxygen atoms in total. The van der Waals surface area contributed by atoms with E-state index < -0.39 is 11.7 Å². The van der Waals surface area contributed by atoms with Gasteiger partial charge in [0.1, 0.15) is 11.7 Å². The summed E-state index contributed by atoms with van der Waals surface area (Å²) in [5, 5.41) is 21.4. The van der Waals surface area contributed by atoms with Gasteiger partial charge < -0.3 is 19.7 Å². The lowest BCUT2D eigenvalue weighted by molar-refractivity contribution is -0.273. The SMILES string of the molecule is CO[C@@H]1/C=C(\C)C[C@H](OC(C)=O)[C@]2(O)[C@H](CC2(C)C)C(CO)C1. The van der Waals surface area contributed by atoms with Crippen LogP contribution in [0.2, 0.25) is 0 Å². The van der Waals surface area contributed by atoms with Crippen molar-refractivity contribution in [3.05, 3.63) is 11.6 Å². The molecule has 2 aliphatic carbocycles. The monoisotopic (exact) mass is 326 g/mol. The molecule has 0 amide bonds. The van der Waals surface area contributed by atoms with Crippen molar-refractivity contribution in [1.82, 2.24) is 0 Å². The second-order valence-corrected chi connectivity index (χ2v) is 7.79. The second-order valence-electron chi connectivity index (χ2n) is 7.79. The van der Waals surface area contributed by atoms with Crippen LogP contribution in [0.3, 0.4) is 0 Å². The molecular formula is C18H30O5. The van der Waals surface area contributed by atoms with E-state index in [2.05, 4.69) is 0 Å². The summed E-state index contributed by atoms with van der Waals surface area (Å²) < 4.78 is 11.1. The minimum absolute atomic E-state index is 0.0113. The maximum atomic E-state index is 11.6. The lowest BCUT2D eigenvalue weighted by Crippen LogP contribution is -2.70. The Morgan fingerprint density at radius 1 is 1.43 bits per heavy atom. The number of carbonyl (C=O) groups excluding carboxylic acids is 1. The smallest absolute Gasteiger partial charge is 0.303 e. The van der Waals surface area contributed by atoms with Gasteiger partial charge in [-0.05, 0) is 37.0 Å². The molecule has 0 bridgehead atoms. The van der Waals surface area contributed by atoms with Crippen LogP contribution in [0, 0.1) is 17.3 Å². The van der Waals surface area contributed by atoms with Crippen molar-refractivity contribution in [2.24, 2.45) is 17.3 Å². The van der Waals surface area contributed by atoms with Crippen LogP contribution in [0.15, 0.2) is 11.6 Å². The Balaban J connectivity index is 2.45. The van der Waals surface area contributed by atoms with E-state index in [-0.39, 0.29) is 35.9 Å². The summed E-state index contributed by atoms with van der Waals surface area (Å²) in [6.07, 6.45) is 3.24. The standard InChI is InChI=1S/C18H30O5/c1-11-6-14(22-5)8-13(10-19)15-9-17(3,4)18(15,21)16(7-11)23-12(2)20/h6,13-16,19,21H,7-10H2,1-5H3/b11-6+/t13?,14-,15-,16+,18-/m1/s1.